The first-order valence-electron chi connectivity index (χ1n) is 5.64. The molecule has 0 aromatic heterocycles. The zero-order valence-corrected chi connectivity index (χ0v) is 11.0. The highest BCUT2D eigenvalue weighted by molar-refractivity contribution is 6.31. The van der Waals surface area contributed by atoms with Crippen LogP contribution in [0.5, 0.6) is 0 Å². The minimum absolute atomic E-state index is 0.0579. The SMILES string of the molecule is CCC(C)(CC)Nc1cc(Cl)ccc1[N+](=O)[O-]. The molecule has 0 saturated carbocycles. The highest BCUT2D eigenvalue weighted by Gasteiger charge is 2.23. The minimum Gasteiger partial charge on any atom is -0.374 e. The summed E-state index contributed by atoms with van der Waals surface area (Å²) >= 11 is 5.87. The monoisotopic (exact) mass is 256 g/mol. The highest BCUT2D eigenvalue weighted by Crippen LogP contribution is 2.31. The number of nitro benzene ring substituents is 1. The molecule has 0 aliphatic carbocycles. The fraction of sp³-hybridized carbons (Fsp3) is 0.500. The maximum absolute atomic E-state index is 10.9. The zero-order chi connectivity index (χ0) is 13.1. The number of rotatable bonds is 5. The lowest BCUT2D eigenvalue weighted by Gasteiger charge is -2.29. The first kappa shape index (κ1) is 13.8. The third-order valence-electron chi connectivity index (χ3n) is 3.15. The highest BCUT2D eigenvalue weighted by atomic mass is 35.5. The van der Waals surface area contributed by atoms with Crippen LogP contribution in [0, 0.1) is 10.1 Å². The van der Waals surface area contributed by atoms with Crippen LogP contribution in [0.25, 0.3) is 0 Å². The normalized spacial score (nSPS) is 11.3. The van der Waals surface area contributed by atoms with E-state index < -0.39 is 4.92 Å². The Morgan fingerprint density at radius 3 is 2.47 bits per heavy atom. The first-order chi connectivity index (χ1) is 7.91. The molecule has 0 unspecified atom stereocenters. The maximum atomic E-state index is 10.9. The lowest BCUT2D eigenvalue weighted by molar-refractivity contribution is -0.384. The molecule has 0 aliphatic heterocycles. The zero-order valence-electron chi connectivity index (χ0n) is 10.3. The van der Waals surface area contributed by atoms with Crippen molar-refractivity contribution in [3.63, 3.8) is 0 Å². The summed E-state index contributed by atoms with van der Waals surface area (Å²) in [5.41, 5.74) is 0.381. The van der Waals surface area contributed by atoms with E-state index in [4.69, 9.17) is 11.6 Å². The summed E-state index contributed by atoms with van der Waals surface area (Å²) in [5.74, 6) is 0. The molecule has 0 bridgehead atoms. The average Bonchev–Trinajstić information content (AvgIpc) is 2.28. The Labute approximate surface area is 106 Å². The number of anilines is 1. The molecule has 4 nitrogen and oxygen atoms in total. The lowest BCUT2D eigenvalue weighted by atomic mass is 9.95. The number of hydrogen-bond acceptors (Lipinski definition) is 3. The van der Waals surface area contributed by atoms with Crippen LogP contribution in [0.1, 0.15) is 33.6 Å². The second-order valence-electron chi connectivity index (χ2n) is 4.31. The van der Waals surface area contributed by atoms with Gasteiger partial charge in [-0.15, -0.1) is 0 Å². The Morgan fingerprint density at radius 2 is 2.00 bits per heavy atom. The Bertz CT molecular complexity index is 417. The second-order valence-corrected chi connectivity index (χ2v) is 4.75. The minimum atomic E-state index is -0.398. The van der Waals surface area contributed by atoms with Gasteiger partial charge in [0.05, 0.1) is 4.92 Å². The summed E-state index contributed by atoms with van der Waals surface area (Å²) in [6.45, 7) is 6.14. The molecule has 0 atom stereocenters. The predicted octanol–water partition coefficient (Wildman–Crippen LogP) is 4.24. The van der Waals surface area contributed by atoms with Gasteiger partial charge in [0.15, 0.2) is 0 Å². The Balaban J connectivity index is 3.12. The number of halogens is 1. The van der Waals surface area contributed by atoms with Crippen molar-refractivity contribution in [2.75, 3.05) is 5.32 Å². The van der Waals surface area contributed by atoms with Crippen LogP contribution < -0.4 is 5.32 Å². The number of nitrogens with one attached hydrogen (secondary N) is 1. The predicted molar refractivity (Wildman–Crippen MR) is 70.7 cm³/mol. The molecule has 0 radical (unpaired) electrons. The molecule has 5 heteroatoms. The van der Waals surface area contributed by atoms with Crippen molar-refractivity contribution in [2.24, 2.45) is 0 Å². The van der Waals surface area contributed by atoms with Gasteiger partial charge in [0.2, 0.25) is 0 Å². The van der Waals surface area contributed by atoms with Gasteiger partial charge >= 0.3 is 0 Å². The molecule has 1 aromatic carbocycles. The van der Waals surface area contributed by atoms with Gasteiger partial charge < -0.3 is 5.32 Å². The second kappa shape index (κ2) is 5.36. The van der Waals surface area contributed by atoms with E-state index in [-0.39, 0.29) is 11.2 Å². The van der Waals surface area contributed by atoms with Crippen LogP contribution in [0.2, 0.25) is 5.02 Å². The maximum Gasteiger partial charge on any atom is 0.292 e. The summed E-state index contributed by atoms with van der Waals surface area (Å²) in [6.07, 6.45) is 1.76. The van der Waals surface area contributed by atoms with E-state index >= 15 is 0 Å². The number of nitro groups is 1. The fourth-order valence-electron chi connectivity index (χ4n) is 1.52. The fourth-order valence-corrected chi connectivity index (χ4v) is 1.69. The van der Waals surface area contributed by atoms with E-state index in [0.717, 1.165) is 12.8 Å². The van der Waals surface area contributed by atoms with E-state index in [1.54, 1.807) is 6.07 Å². The van der Waals surface area contributed by atoms with E-state index in [2.05, 4.69) is 5.32 Å². The van der Waals surface area contributed by atoms with Crippen molar-refractivity contribution in [3.05, 3.63) is 33.3 Å². The van der Waals surface area contributed by atoms with Gasteiger partial charge in [-0.1, -0.05) is 25.4 Å². The summed E-state index contributed by atoms with van der Waals surface area (Å²) in [4.78, 5) is 10.5. The number of hydrogen-bond donors (Lipinski definition) is 1. The van der Waals surface area contributed by atoms with E-state index in [0.29, 0.717) is 10.7 Å². The lowest BCUT2D eigenvalue weighted by Crippen LogP contribution is -2.33. The average molecular weight is 257 g/mol. The molecular weight excluding hydrogens is 240 g/mol. The largest absolute Gasteiger partial charge is 0.374 e. The van der Waals surface area contributed by atoms with Gasteiger partial charge in [-0.05, 0) is 31.9 Å². The van der Waals surface area contributed by atoms with Gasteiger partial charge in [0.25, 0.3) is 5.69 Å². The third kappa shape index (κ3) is 3.33. The smallest absolute Gasteiger partial charge is 0.292 e. The molecule has 94 valence electrons. The Morgan fingerprint density at radius 1 is 1.41 bits per heavy atom. The van der Waals surface area contributed by atoms with E-state index in [9.17, 15) is 10.1 Å². The summed E-state index contributed by atoms with van der Waals surface area (Å²) in [6, 6.07) is 4.56. The van der Waals surface area contributed by atoms with Crippen molar-refractivity contribution in [1.82, 2.24) is 0 Å². The van der Waals surface area contributed by atoms with Crippen LogP contribution in [0.4, 0.5) is 11.4 Å². The summed E-state index contributed by atoms with van der Waals surface area (Å²) in [5, 5.41) is 14.6. The molecular formula is C12H17ClN2O2. The van der Waals surface area contributed by atoms with Gasteiger partial charge in [0.1, 0.15) is 5.69 Å². The molecule has 0 saturated heterocycles. The van der Waals surface area contributed by atoms with Crippen LogP contribution in [-0.2, 0) is 0 Å². The molecule has 0 heterocycles. The van der Waals surface area contributed by atoms with Crippen LogP contribution >= 0.6 is 11.6 Å². The Kier molecular flexibility index (Phi) is 4.34. The molecule has 17 heavy (non-hydrogen) atoms. The molecule has 0 aliphatic rings. The summed E-state index contributed by atoms with van der Waals surface area (Å²) in [7, 11) is 0. The van der Waals surface area contributed by atoms with Crippen LogP contribution in [0.3, 0.4) is 0 Å². The number of nitrogens with zero attached hydrogens (tertiary/aromatic N) is 1. The van der Waals surface area contributed by atoms with E-state index in [1.807, 2.05) is 20.8 Å². The first-order valence-corrected chi connectivity index (χ1v) is 6.02. The van der Waals surface area contributed by atoms with Gasteiger partial charge in [-0.2, -0.15) is 0 Å². The quantitative estimate of drug-likeness (QED) is 0.633. The van der Waals surface area contributed by atoms with Gasteiger partial charge in [-0.25, -0.2) is 0 Å². The van der Waals surface area contributed by atoms with Gasteiger partial charge in [-0.3, -0.25) is 10.1 Å². The van der Waals surface area contributed by atoms with Crippen molar-refractivity contribution in [1.29, 1.82) is 0 Å². The van der Waals surface area contributed by atoms with Crippen molar-refractivity contribution in [2.45, 2.75) is 39.2 Å². The molecule has 0 fully saturated rings. The molecule has 1 aromatic rings. The van der Waals surface area contributed by atoms with Gasteiger partial charge in [0, 0.05) is 16.6 Å². The Hall–Kier alpha value is -1.29. The van der Waals surface area contributed by atoms with Crippen LogP contribution in [0.15, 0.2) is 18.2 Å². The third-order valence-corrected chi connectivity index (χ3v) is 3.39. The van der Waals surface area contributed by atoms with E-state index in [1.165, 1.54) is 12.1 Å². The molecule has 1 rings (SSSR count). The summed E-state index contributed by atoms with van der Waals surface area (Å²) < 4.78 is 0. The topological polar surface area (TPSA) is 55.2 Å². The standard InChI is InChI=1S/C12H17ClN2O2/c1-4-12(3,5-2)14-10-8-9(13)6-7-11(10)15(16)17/h6-8,14H,4-5H2,1-3H3. The van der Waals surface area contributed by atoms with Crippen molar-refractivity contribution >= 4 is 23.0 Å². The van der Waals surface area contributed by atoms with Crippen molar-refractivity contribution in [3.8, 4) is 0 Å². The molecule has 0 amide bonds. The molecule has 0 spiro atoms. The van der Waals surface area contributed by atoms with Crippen molar-refractivity contribution < 1.29 is 4.92 Å². The number of benzene rings is 1. The van der Waals surface area contributed by atoms with Crippen LogP contribution in [-0.4, -0.2) is 10.5 Å². The molecule has 1 N–H and O–H groups in total.